The van der Waals surface area contributed by atoms with Crippen molar-refractivity contribution in [3.8, 4) is 0 Å². The molecule has 0 aliphatic carbocycles. The van der Waals surface area contributed by atoms with Crippen LogP contribution >= 0.6 is 23.2 Å². The molecule has 1 rings (SSSR count). The number of primary sulfonamides is 1. The highest BCUT2D eigenvalue weighted by Crippen LogP contribution is 2.31. The van der Waals surface area contributed by atoms with Crippen molar-refractivity contribution in [2.45, 2.75) is 18.2 Å². The van der Waals surface area contributed by atoms with Crippen LogP contribution in [-0.2, 0) is 10.0 Å². The highest BCUT2D eigenvalue weighted by atomic mass is 35.5. The summed E-state index contributed by atoms with van der Waals surface area (Å²) < 4.78 is 22.7. The number of sulfonamides is 1. The second kappa shape index (κ2) is 6.09. The van der Waals surface area contributed by atoms with E-state index in [0.717, 1.165) is 6.42 Å². The van der Waals surface area contributed by atoms with Gasteiger partial charge in [0.2, 0.25) is 10.0 Å². The lowest BCUT2D eigenvalue weighted by Gasteiger charge is -2.18. The summed E-state index contributed by atoms with van der Waals surface area (Å²) in [6.45, 7) is 2.42. The molecule has 19 heavy (non-hydrogen) atoms. The normalized spacial score (nSPS) is 11.4. The van der Waals surface area contributed by atoms with E-state index in [1.54, 1.807) is 7.05 Å². The molecular weight excluding hydrogens is 311 g/mol. The molecule has 0 aromatic heterocycles. The Morgan fingerprint density at radius 3 is 2.42 bits per heavy atom. The summed E-state index contributed by atoms with van der Waals surface area (Å²) in [5.41, 5.74) is -0.0502. The van der Waals surface area contributed by atoms with Crippen LogP contribution < -0.4 is 5.14 Å². The van der Waals surface area contributed by atoms with Gasteiger partial charge < -0.3 is 4.90 Å². The number of carbonyl (C=O) groups is 1. The number of nitrogens with zero attached hydrogens (tertiary/aromatic N) is 1. The molecule has 8 heteroatoms. The Morgan fingerprint density at radius 2 is 1.95 bits per heavy atom. The zero-order valence-corrected chi connectivity index (χ0v) is 12.8. The van der Waals surface area contributed by atoms with E-state index in [2.05, 4.69) is 0 Å². The number of nitrogens with two attached hydrogens (primary N) is 1. The third-order valence-corrected chi connectivity index (χ3v) is 4.25. The van der Waals surface area contributed by atoms with Crippen molar-refractivity contribution in [3.63, 3.8) is 0 Å². The zero-order chi connectivity index (χ0) is 14.8. The summed E-state index contributed by atoms with van der Waals surface area (Å²) in [5, 5.41) is 4.87. The smallest absolute Gasteiger partial charge is 0.256 e. The van der Waals surface area contributed by atoms with E-state index in [-0.39, 0.29) is 20.5 Å². The fraction of sp³-hybridized carbons (Fsp3) is 0.364. The van der Waals surface area contributed by atoms with Gasteiger partial charge in [0.25, 0.3) is 5.91 Å². The Labute approximate surface area is 122 Å². The van der Waals surface area contributed by atoms with Gasteiger partial charge in [-0.25, -0.2) is 13.6 Å². The van der Waals surface area contributed by atoms with Gasteiger partial charge >= 0.3 is 0 Å². The molecule has 0 radical (unpaired) electrons. The first kappa shape index (κ1) is 16.2. The first-order valence-electron chi connectivity index (χ1n) is 5.46. The van der Waals surface area contributed by atoms with Crippen LogP contribution in [-0.4, -0.2) is 32.8 Å². The standard InChI is InChI=1S/C11H14Cl2N2O3S/c1-3-6-15(2)11(16)9-7(12)4-5-8(10(9)13)19(14,17)18/h4-5H,3,6H2,1-2H3,(H2,14,17,18). The van der Waals surface area contributed by atoms with Crippen molar-refractivity contribution >= 4 is 39.1 Å². The molecule has 0 heterocycles. The van der Waals surface area contributed by atoms with Crippen LogP contribution in [0.2, 0.25) is 10.0 Å². The van der Waals surface area contributed by atoms with Gasteiger partial charge in [0.05, 0.1) is 15.6 Å². The van der Waals surface area contributed by atoms with E-state index in [1.165, 1.54) is 17.0 Å². The van der Waals surface area contributed by atoms with Crippen LogP contribution in [0.5, 0.6) is 0 Å². The number of benzene rings is 1. The molecule has 0 spiro atoms. The van der Waals surface area contributed by atoms with Crippen molar-refractivity contribution in [2.75, 3.05) is 13.6 Å². The minimum absolute atomic E-state index is 0.0502. The van der Waals surface area contributed by atoms with Gasteiger partial charge in [0.1, 0.15) is 4.90 Å². The van der Waals surface area contributed by atoms with Crippen LogP contribution in [0.25, 0.3) is 0 Å². The molecule has 106 valence electrons. The number of amides is 1. The lowest BCUT2D eigenvalue weighted by atomic mass is 10.2. The molecule has 0 aliphatic heterocycles. The summed E-state index contributed by atoms with van der Waals surface area (Å²) in [5.74, 6) is -0.442. The molecular formula is C11H14Cl2N2O3S. The molecule has 0 atom stereocenters. The highest BCUT2D eigenvalue weighted by molar-refractivity contribution is 7.89. The van der Waals surface area contributed by atoms with Gasteiger partial charge in [-0.1, -0.05) is 30.1 Å². The average molecular weight is 325 g/mol. The molecule has 1 amide bonds. The molecule has 0 saturated heterocycles. The summed E-state index contributed by atoms with van der Waals surface area (Å²) in [6, 6.07) is 2.47. The summed E-state index contributed by atoms with van der Waals surface area (Å²) in [6.07, 6.45) is 0.756. The van der Waals surface area contributed by atoms with E-state index >= 15 is 0 Å². The lowest BCUT2D eigenvalue weighted by Crippen LogP contribution is -2.28. The predicted octanol–water partition coefficient (Wildman–Crippen LogP) is 2.12. The fourth-order valence-corrected chi connectivity index (χ4v) is 3.04. The molecule has 1 aromatic carbocycles. The van der Waals surface area contributed by atoms with Gasteiger partial charge in [-0.15, -0.1) is 0 Å². The van der Waals surface area contributed by atoms with Crippen LogP contribution in [0.1, 0.15) is 23.7 Å². The minimum atomic E-state index is -4.01. The van der Waals surface area contributed by atoms with Crippen molar-refractivity contribution in [1.82, 2.24) is 4.90 Å². The number of halogens is 2. The van der Waals surface area contributed by atoms with Gasteiger partial charge in [-0.3, -0.25) is 4.79 Å². The molecule has 2 N–H and O–H groups in total. The summed E-state index contributed by atoms with van der Waals surface area (Å²) in [4.78, 5) is 13.3. The van der Waals surface area contributed by atoms with E-state index < -0.39 is 15.9 Å². The maximum Gasteiger partial charge on any atom is 0.256 e. The lowest BCUT2D eigenvalue weighted by molar-refractivity contribution is 0.0795. The van der Waals surface area contributed by atoms with E-state index in [9.17, 15) is 13.2 Å². The SMILES string of the molecule is CCCN(C)C(=O)c1c(Cl)ccc(S(N)(=O)=O)c1Cl. The van der Waals surface area contributed by atoms with Crippen molar-refractivity contribution < 1.29 is 13.2 Å². The van der Waals surface area contributed by atoms with Gasteiger partial charge in [-0.05, 0) is 18.6 Å². The summed E-state index contributed by atoms with van der Waals surface area (Å²) in [7, 11) is -2.42. The molecule has 0 saturated carbocycles. The molecule has 0 fully saturated rings. The van der Waals surface area contributed by atoms with Gasteiger partial charge in [-0.2, -0.15) is 0 Å². The monoisotopic (exact) mass is 324 g/mol. The molecule has 5 nitrogen and oxygen atoms in total. The van der Waals surface area contributed by atoms with Crippen LogP contribution in [0.4, 0.5) is 0 Å². The topological polar surface area (TPSA) is 80.5 Å². The maximum atomic E-state index is 12.2. The molecule has 1 aromatic rings. The number of hydrogen-bond acceptors (Lipinski definition) is 3. The van der Waals surface area contributed by atoms with E-state index in [0.29, 0.717) is 6.54 Å². The zero-order valence-electron chi connectivity index (χ0n) is 10.5. The number of carbonyl (C=O) groups excluding carboxylic acids is 1. The van der Waals surface area contributed by atoms with Crippen molar-refractivity contribution in [1.29, 1.82) is 0 Å². The highest BCUT2D eigenvalue weighted by Gasteiger charge is 2.24. The third-order valence-electron chi connectivity index (χ3n) is 2.48. The number of rotatable bonds is 4. The van der Waals surface area contributed by atoms with E-state index in [4.69, 9.17) is 28.3 Å². The average Bonchev–Trinajstić information content (AvgIpc) is 2.27. The molecule has 0 bridgehead atoms. The first-order chi connectivity index (χ1) is 8.70. The Balaban J connectivity index is 3.40. The second-order valence-electron chi connectivity index (χ2n) is 4.01. The van der Waals surface area contributed by atoms with Crippen LogP contribution in [0.3, 0.4) is 0 Å². The number of hydrogen-bond donors (Lipinski definition) is 1. The maximum absolute atomic E-state index is 12.2. The van der Waals surface area contributed by atoms with E-state index in [1.807, 2.05) is 6.92 Å². The van der Waals surface area contributed by atoms with Crippen LogP contribution in [0.15, 0.2) is 17.0 Å². The largest absolute Gasteiger partial charge is 0.342 e. The van der Waals surface area contributed by atoms with Gasteiger partial charge in [0, 0.05) is 13.6 Å². The third kappa shape index (κ3) is 3.60. The minimum Gasteiger partial charge on any atom is -0.342 e. The molecule has 0 aliphatic rings. The van der Waals surface area contributed by atoms with Crippen molar-refractivity contribution in [2.24, 2.45) is 5.14 Å². The summed E-state index contributed by atoms with van der Waals surface area (Å²) >= 11 is 11.9. The Bertz CT molecular complexity index is 602. The second-order valence-corrected chi connectivity index (χ2v) is 6.32. The Hall–Kier alpha value is -0.820. The Kier molecular flexibility index (Phi) is 5.20. The van der Waals surface area contributed by atoms with Gasteiger partial charge in [0.15, 0.2) is 0 Å². The molecule has 0 unspecified atom stereocenters. The quantitative estimate of drug-likeness (QED) is 0.921. The van der Waals surface area contributed by atoms with Crippen molar-refractivity contribution in [3.05, 3.63) is 27.7 Å². The Morgan fingerprint density at radius 1 is 1.37 bits per heavy atom. The first-order valence-corrected chi connectivity index (χ1v) is 7.76. The van der Waals surface area contributed by atoms with Crippen LogP contribution in [0, 0.1) is 0 Å². The predicted molar refractivity (Wildman–Crippen MR) is 75.1 cm³/mol. The fourth-order valence-electron chi connectivity index (χ4n) is 1.58.